The Balaban J connectivity index is 1.39. The maximum atomic E-state index is 12.9. The minimum Gasteiger partial charge on any atom is -0.454 e. The van der Waals surface area contributed by atoms with E-state index in [1.165, 1.54) is 23.9 Å². The van der Waals surface area contributed by atoms with Gasteiger partial charge in [0.1, 0.15) is 0 Å². The van der Waals surface area contributed by atoms with Crippen molar-refractivity contribution in [2.24, 2.45) is 5.92 Å². The lowest BCUT2D eigenvalue weighted by molar-refractivity contribution is -0.124. The van der Waals surface area contributed by atoms with E-state index in [0.717, 1.165) is 10.5 Å². The second-order valence-corrected chi connectivity index (χ2v) is 10.9. The standard InChI is InChI=1S/C21H22N2O6S2/c1-12(20(24)22-9-14-3-5-17-18(7-14)29-11-28-17)10-31(26,27)15-4-6-19-16(8-15)23-21(25)13(2)30-19/h3-8,12-13H,9-11H2,1-2H3,(H,22,24)(H,23,25)/t12-,13+/m0/s1. The summed E-state index contributed by atoms with van der Waals surface area (Å²) in [6.45, 7) is 3.78. The van der Waals surface area contributed by atoms with Crippen LogP contribution < -0.4 is 20.1 Å². The van der Waals surface area contributed by atoms with Crippen molar-refractivity contribution in [3.05, 3.63) is 42.0 Å². The van der Waals surface area contributed by atoms with Gasteiger partial charge < -0.3 is 20.1 Å². The lowest BCUT2D eigenvalue weighted by Gasteiger charge is -2.22. The maximum Gasteiger partial charge on any atom is 0.237 e. The minimum atomic E-state index is -3.72. The van der Waals surface area contributed by atoms with E-state index < -0.39 is 15.8 Å². The van der Waals surface area contributed by atoms with Gasteiger partial charge in [-0.15, -0.1) is 11.8 Å². The van der Waals surface area contributed by atoms with Gasteiger partial charge in [-0.25, -0.2) is 8.42 Å². The van der Waals surface area contributed by atoms with Crippen molar-refractivity contribution in [1.29, 1.82) is 0 Å². The first-order valence-corrected chi connectivity index (χ1v) is 12.3. The Labute approximate surface area is 184 Å². The van der Waals surface area contributed by atoms with E-state index in [4.69, 9.17) is 9.47 Å². The molecule has 164 valence electrons. The molecule has 2 aromatic carbocycles. The van der Waals surface area contributed by atoms with Crippen LogP contribution >= 0.6 is 11.8 Å². The molecule has 2 amide bonds. The van der Waals surface area contributed by atoms with Crippen LogP contribution in [0.5, 0.6) is 11.5 Å². The summed E-state index contributed by atoms with van der Waals surface area (Å²) >= 11 is 1.38. The second kappa shape index (κ2) is 8.43. The largest absolute Gasteiger partial charge is 0.454 e. The van der Waals surface area contributed by atoms with Crippen molar-refractivity contribution in [1.82, 2.24) is 5.32 Å². The predicted molar refractivity (Wildman–Crippen MR) is 116 cm³/mol. The van der Waals surface area contributed by atoms with Crippen molar-refractivity contribution in [2.45, 2.75) is 35.4 Å². The van der Waals surface area contributed by atoms with Gasteiger partial charge in [-0.3, -0.25) is 9.59 Å². The van der Waals surface area contributed by atoms with Crippen LogP contribution in [0.4, 0.5) is 5.69 Å². The summed E-state index contributed by atoms with van der Waals surface area (Å²) in [5.41, 5.74) is 1.30. The van der Waals surface area contributed by atoms with E-state index in [0.29, 0.717) is 17.2 Å². The zero-order chi connectivity index (χ0) is 22.2. The number of thioether (sulfide) groups is 1. The number of anilines is 1. The summed E-state index contributed by atoms with van der Waals surface area (Å²) in [6, 6.07) is 10.0. The number of carbonyl (C=O) groups is 2. The normalized spacial score (nSPS) is 18.1. The molecule has 0 radical (unpaired) electrons. The van der Waals surface area contributed by atoms with Gasteiger partial charge in [0.2, 0.25) is 18.6 Å². The predicted octanol–water partition coefficient (Wildman–Crippen LogP) is 2.57. The third-order valence-electron chi connectivity index (χ3n) is 5.06. The molecule has 8 nitrogen and oxygen atoms in total. The summed E-state index contributed by atoms with van der Waals surface area (Å²) < 4.78 is 36.3. The van der Waals surface area contributed by atoms with Crippen LogP contribution in [0.1, 0.15) is 19.4 Å². The highest BCUT2D eigenvalue weighted by atomic mass is 32.2. The molecule has 0 fully saturated rings. The molecule has 0 aromatic heterocycles. The third kappa shape index (κ3) is 4.64. The molecule has 0 saturated heterocycles. The zero-order valence-electron chi connectivity index (χ0n) is 17.0. The minimum absolute atomic E-state index is 0.0807. The fourth-order valence-corrected chi connectivity index (χ4v) is 5.80. The average Bonchev–Trinajstić information content (AvgIpc) is 3.20. The number of carbonyl (C=O) groups excluding carboxylic acids is 2. The van der Waals surface area contributed by atoms with Crippen LogP contribution in [0.15, 0.2) is 46.2 Å². The highest BCUT2D eigenvalue weighted by molar-refractivity contribution is 8.01. The fourth-order valence-electron chi connectivity index (χ4n) is 3.30. The number of amides is 2. The van der Waals surface area contributed by atoms with Gasteiger partial charge in [-0.05, 0) is 42.8 Å². The SMILES string of the molecule is C[C@@H](CS(=O)(=O)c1ccc2c(c1)NC(=O)[C@@H](C)S2)C(=O)NCc1ccc2c(c1)OCO2. The van der Waals surface area contributed by atoms with Crippen LogP contribution in [0.2, 0.25) is 0 Å². The summed E-state index contributed by atoms with van der Waals surface area (Å²) in [5.74, 6) is -0.340. The molecule has 0 saturated carbocycles. The van der Waals surface area contributed by atoms with Gasteiger partial charge in [-0.1, -0.05) is 13.0 Å². The molecular weight excluding hydrogens is 440 g/mol. The number of fused-ring (bicyclic) bond motifs is 2. The van der Waals surface area contributed by atoms with E-state index in [9.17, 15) is 18.0 Å². The molecule has 10 heteroatoms. The van der Waals surface area contributed by atoms with Gasteiger partial charge in [-0.2, -0.15) is 0 Å². The third-order valence-corrected chi connectivity index (χ3v) is 8.15. The molecule has 2 aliphatic heterocycles. The van der Waals surface area contributed by atoms with Crippen molar-refractivity contribution in [3.63, 3.8) is 0 Å². The molecule has 2 N–H and O–H groups in total. The van der Waals surface area contributed by atoms with E-state index in [1.54, 1.807) is 32.0 Å². The number of nitrogens with one attached hydrogen (secondary N) is 2. The van der Waals surface area contributed by atoms with Crippen LogP contribution in [0, 0.1) is 5.92 Å². The Morgan fingerprint density at radius 2 is 2.00 bits per heavy atom. The Morgan fingerprint density at radius 1 is 1.23 bits per heavy atom. The van der Waals surface area contributed by atoms with Gasteiger partial charge in [0, 0.05) is 17.4 Å². The summed E-state index contributed by atoms with van der Waals surface area (Å²) in [7, 11) is -3.72. The van der Waals surface area contributed by atoms with E-state index in [-0.39, 0.29) is 41.1 Å². The number of rotatable bonds is 6. The highest BCUT2D eigenvalue weighted by Gasteiger charge is 2.27. The Bertz CT molecular complexity index is 1150. The lowest BCUT2D eigenvalue weighted by atomic mass is 10.1. The first kappa shape index (κ1) is 21.5. The number of hydrogen-bond donors (Lipinski definition) is 2. The smallest absolute Gasteiger partial charge is 0.237 e. The molecule has 4 rings (SSSR count). The summed E-state index contributed by atoms with van der Waals surface area (Å²) in [4.78, 5) is 25.3. The fraction of sp³-hybridized carbons (Fsp3) is 0.333. The Morgan fingerprint density at radius 3 is 2.81 bits per heavy atom. The number of sulfone groups is 1. The first-order chi connectivity index (χ1) is 14.7. The zero-order valence-corrected chi connectivity index (χ0v) is 18.6. The molecular formula is C21H22N2O6S2. The first-order valence-electron chi connectivity index (χ1n) is 9.73. The maximum absolute atomic E-state index is 12.9. The molecule has 2 atom stereocenters. The number of hydrogen-bond acceptors (Lipinski definition) is 7. The van der Waals surface area contributed by atoms with Crippen LogP contribution in [-0.4, -0.2) is 38.0 Å². The van der Waals surface area contributed by atoms with Crippen LogP contribution in [-0.2, 0) is 26.0 Å². The van der Waals surface area contributed by atoms with E-state index >= 15 is 0 Å². The molecule has 2 aromatic rings. The van der Waals surface area contributed by atoms with Crippen molar-refractivity contribution >= 4 is 39.1 Å². The van der Waals surface area contributed by atoms with Crippen LogP contribution in [0.3, 0.4) is 0 Å². The quantitative estimate of drug-likeness (QED) is 0.679. The number of benzene rings is 2. The Hall–Kier alpha value is -2.72. The van der Waals surface area contributed by atoms with Crippen molar-refractivity contribution in [2.75, 3.05) is 17.9 Å². The van der Waals surface area contributed by atoms with Crippen molar-refractivity contribution < 1.29 is 27.5 Å². The molecule has 2 heterocycles. The highest BCUT2D eigenvalue weighted by Crippen LogP contribution is 2.37. The van der Waals surface area contributed by atoms with Gasteiger partial charge in [0.15, 0.2) is 21.3 Å². The average molecular weight is 463 g/mol. The van der Waals surface area contributed by atoms with Crippen molar-refractivity contribution in [3.8, 4) is 11.5 Å². The van der Waals surface area contributed by atoms with Gasteiger partial charge in [0.25, 0.3) is 0 Å². The van der Waals surface area contributed by atoms with E-state index in [2.05, 4.69) is 10.6 Å². The van der Waals surface area contributed by atoms with E-state index in [1.807, 2.05) is 6.07 Å². The van der Waals surface area contributed by atoms with Gasteiger partial charge in [0.05, 0.1) is 21.6 Å². The number of ether oxygens (including phenoxy) is 2. The topological polar surface area (TPSA) is 111 Å². The monoisotopic (exact) mass is 462 g/mol. The second-order valence-electron chi connectivity index (χ2n) is 7.50. The molecule has 0 spiro atoms. The van der Waals surface area contributed by atoms with Crippen LogP contribution in [0.25, 0.3) is 0 Å². The summed E-state index contributed by atoms with van der Waals surface area (Å²) in [5, 5.41) is 5.26. The molecule has 0 unspecified atom stereocenters. The molecule has 31 heavy (non-hydrogen) atoms. The van der Waals surface area contributed by atoms with Gasteiger partial charge >= 0.3 is 0 Å². The lowest BCUT2D eigenvalue weighted by Crippen LogP contribution is -2.33. The Kier molecular flexibility index (Phi) is 5.85. The molecule has 0 bridgehead atoms. The molecule has 2 aliphatic rings. The summed E-state index contributed by atoms with van der Waals surface area (Å²) in [6.07, 6.45) is 0. The molecule has 0 aliphatic carbocycles.